The molecule has 38 heavy (non-hydrogen) atoms. The lowest BCUT2D eigenvalue weighted by Gasteiger charge is -2.50. The number of benzene rings is 1. The van der Waals surface area contributed by atoms with E-state index in [0.29, 0.717) is 25.0 Å². The van der Waals surface area contributed by atoms with Gasteiger partial charge in [0.15, 0.2) is 23.4 Å². The lowest BCUT2D eigenvalue weighted by molar-refractivity contribution is -0.139. The molecule has 1 aromatic carbocycles. The number of carbonyl (C=O) groups excluding carboxylic acids is 1. The minimum Gasteiger partial charge on any atom is -0.493 e. The van der Waals surface area contributed by atoms with Crippen LogP contribution in [0.5, 0.6) is 11.5 Å². The highest BCUT2D eigenvalue weighted by Gasteiger charge is 2.59. The second-order valence-corrected chi connectivity index (χ2v) is 11.5. The Kier molecular flexibility index (Phi) is 8.53. The summed E-state index contributed by atoms with van der Waals surface area (Å²) in [5, 5.41) is 10.4. The van der Waals surface area contributed by atoms with Crippen molar-refractivity contribution < 1.29 is 28.8 Å². The van der Waals surface area contributed by atoms with E-state index >= 15 is 0 Å². The number of fused-ring (bicyclic) bond motifs is 1. The third kappa shape index (κ3) is 5.16. The zero-order chi connectivity index (χ0) is 26.7. The van der Waals surface area contributed by atoms with Crippen LogP contribution in [0.15, 0.2) is 23.5 Å². The van der Waals surface area contributed by atoms with E-state index in [9.17, 15) is 9.90 Å². The quantitative estimate of drug-likeness (QED) is 0.159. The average molecular weight is 528 g/mol. The van der Waals surface area contributed by atoms with E-state index in [4.69, 9.17) is 18.9 Å². The van der Waals surface area contributed by atoms with Gasteiger partial charge in [-0.3, -0.25) is 4.90 Å². The standard InChI is InChI=1S/C31H45NO6/c1-4-7-15-36-25-12-11-22-17-23-18-31(13-14-32(23)19-21-9-10-21)26(22)28(25)38-29(31)27(37-16-8-5-2)24(20-33)30(34)35-6-3/h11-12,21,23,29,33H,4-10,13-20H2,1-3H3/b27-24-/t23-,29+,31+/m1/s1. The molecule has 1 spiro atoms. The second-order valence-electron chi connectivity index (χ2n) is 11.5. The summed E-state index contributed by atoms with van der Waals surface area (Å²) in [5.74, 6) is 2.32. The fourth-order valence-corrected chi connectivity index (χ4v) is 6.62. The summed E-state index contributed by atoms with van der Waals surface area (Å²) in [7, 11) is 0. The molecule has 7 heteroatoms. The number of aliphatic hydroxyl groups excluding tert-OH is 1. The number of unbranched alkanes of at least 4 members (excludes halogenated alkanes) is 2. The smallest absolute Gasteiger partial charge is 0.339 e. The molecule has 2 bridgehead atoms. The number of carbonyl (C=O) groups is 1. The summed E-state index contributed by atoms with van der Waals surface area (Å²) in [6.07, 6.45) is 8.92. The maximum absolute atomic E-state index is 13.0. The van der Waals surface area contributed by atoms with Crippen LogP contribution in [0, 0.1) is 5.92 Å². The van der Waals surface area contributed by atoms with Gasteiger partial charge >= 0.3 is 5.97 Å². The molecular formula is C31H45NO6. The molecule has 0 amide bonds. The third-order valence-corrected chi connectivity index (χ3v) is 8.78. The number of esters is 1. The van der Waals surface area contributed by atoms with Crippen molar-refractivity contribution in [3.63, 3.8) is 0 Å². The van der Waals surface area contributed by atoms with Crippen LogP contribution in [0.1, 0.15) is 83.3 Å². The highest BCUT2D eigenvalue weighted by atomic mass is 16.6. The first-order chi connectivity index (χ1) is 18.6. The molecule has 1 saturated heterocycles. The Labute approximate surface area is 227 Å². The summed E-state index contributed by atoms with van der Waals surface area (Å²) in [5.41, 5.74) is 2.40. The molecule has 4 aliphatic rings. The normalized spacial score (nSPS) is 26.3. The Morgan fingerprint density at radius 3 is 2.63 bits per heavy atom. The zero-order valence-electron chi connectivity index (χ0n) is 23.4. The molecule has 7 nitrogen and oxygen atoms in total. The molecule has 1 aromatic rings. The van der Waals surface area contributed by atoms with Crippen molar-refractivity contribution >= 4 is 5.97 Å². The van der Waals surface area contributed by atoms with Gasteiger partial charge in [-0.2, -0.15) is 0 Å². The number of nitrogens with zero attached hydrogens (tertiary/aromatic N) is 1. The third-order valence-electron chi connectivity index (χ3n) is 8.78. The SMILES string of the molecule is CCCCO/C(=C(/CO)C(=O)OCC)[C@@H]1Oc2c(OCCCC)ccc3c2[C@@]12CCN(CC1CC1)[C@H](C3)C2. The fourth-order valence-electron chi connectivity index (χ4n) is 6.62. The zero-order valence-corrected chi connectivity index (χ0v) is 23.4. The molecule has 2 aliphatic heterocycles. The lowest BCUT2D eigenvalue weighted by Crippen LogP contribution is -2.57. The number of likely N-dealkylation sites (tertiary alicyclic amines) is 1. The van der Waals surface area contributed by atoms with Gasteiger partial charge in [0.1, 0.15) is 5.57 Å². The molecule has 0 unspecified atom stereocenters. The van der Waals surface area contributed by atoms with Crippen molar-refractivity contribution in [3.8, 4) is 11.5 Å². The van der Waals surface area contributed by atoms with Crippen LogP contribution < -0.4 is 9.47 Å². The van der Waals surface area contributed by atoms with Crippen LogP contribution in [0.2, 0.25) is 0 Å². The summed E-state index contributed by atoms with van der Waals surface area (Å²) in [6.45, 7) is 9.10. The predicted octanol–water partition coefficient (Wildman–Crippen LogP) is 4.92. The first-order valence-corrected chi connectivity index (χ1v) is 14.9. The van der Waals surface area contributed by atoms with E-state index in [1.165, 1.54) is 30.5 Å². The summed E-state index contributed by atoms with van der Waals surface area (Å²) < 4.78 is 24.8. The summed E-state index contributed by atoms with van der Waals surface area (Å²) >= 11 is 0. The molecule has 210 valence electrons. The Hall–Kier alpha value is -2.25. The monoisotopic (exact) mass is 527 g/mol. The molecule has 5 rings (SSSR count). The Morgan fingerprint density at radius 2 is 1.92 bits per heavy atom. The number of hydrogen-bond donors (Lipinski definition) is 1. The van der Waals surface area contributed by atoms with Gasteiger partial charge in [-0.15, -0.1) is 0 Å². The molecule has 1 N–H and O–H groups in total. The highest BCUT2D eigenvalue weighted by Crippen LogP contribution is 2.60. The molecule has 1 saturated carbocycles. The van der Waals surface area contributed by atoms with E-state index in [0.717, 1.165) is 68.9 Å². The van der Waals surface area contributed by atoms with E-state index in [-0.39, 0.29) is 17.6 Å². The summed E-state index contributed by atoms with van der Waals surface area (Å²) in [4.78, 5) is 15.7. The van der Waals surface area contributed by atoms with Gasteiger partial charge in [0.05, 0.1) is 26.4 Å². The highest BCUT2D eigenvalue weighted by molar-refractivity contribution is 5.89. The molecule has 3 atom stereocenters. The van der Waals surface area contributed by atoms with E-state index < -0.39 is 18.7 Å². The van der Waals surface area contributed by atoms with E-state index in [2.05, 4.69) is 30.9 Å². The van der Waals surface area contributed by atoms with Crippen molar-refractivity contribution in [2.75, 3.05) is 39.5 Å². The minimum absolute atomic E-state index is 0.174. The van der Waals surface area contributed by atoms with Crippen molar-refractivity contribution in [1.29, 1.82) is 0 Å². The number of aliphatic hydroxyl groups is 1. The van der Waals surface area contributed by atoms with Gasteiger partial charge in [-0.25, -0.2) is 4.79 Å². The number of hydrogen-bond acceptors (Lipinski definition) is 7. The van der Waals surface area contributed by atoms with Crippen LogP contribution in [-0.2, 0) is 26.1 Å². The van der Waals surface area contributed by atoms with Gasteiger partial charge in [0.25, 0.3) is 0 Å². The Morgan fingerprint density at radius 1 is 1.13 bits per heavy atom. The van der Waals surface area contributed by atoms with Gasteiger partial charge in [-0.1, -0.05) is 32.8 Å². The van der Waals surface area contributed by atoms with Crippen molar-refractivity contribution in [2.24, 2.45) is 5.92 Å². The van der Waals surface area contributed by atoms with Crippen LogP contribution in [0.25, 0.3) is 0 Å². The van der Waals surface area contributed by atoms with Crippen LogP contribution in [0.3, 0.4) is 0 Å². The first-order valence-electron chi connectivity index (χ1n) is 14.9. The average Bonchev–Trinajstić information content (AvgIpc) is 3.68. The lowest BCUT2D eigenvalue weighted by atomic mass is 9.61. The predicted molar refractivity (Wildman–Crippen MR) is 146 cm³/mol. The Balaban J connectivity index is 1.58. The first kappa shape index (κ1) is 27.3. The number of piperidine rings is 1. The van der Waals surface area contributed by atoms with Crippen LogP contribution in [0.4, 0.5) is 0 Å². The second kappa shape index (κ2) is 11.9. The molecule has 2 aliphatic carbocycles. The van der Waals surface area contributed by atoms with Crippen molar-refractivity contribution in [1.82, 2.24) is 4.90 Å². The van der Waals surface area contributed by atoms with Crippen molar-refractivity contribution in [3.05, 3.63) is 34.6 Å². The largest absolute Gasteiger partial charge is 0.493 e. The van der Waals surface area contributed by atoms with Gasteiger partial charge in [0, 0.05) is 23.6 Å². The van der Waals surface area contributed by atoms with Gasteiger partial charge in [0.2, 0.25) is 0 Å². The van der Waals surface area contributed by atoms with Crippen molar-refractivity contribution in [2.45, 2.75) is 96.1 Å². The molecular weight excluding hydrogens is 482 g/mol. The molecule has 2 heterocycles. The molecule has 2 fully saturated rings. The van der Waals surface area contributed by atoms with E-state index in [1.807, 2.05) is 0 Å². The maximum atomic E-state index is 13.0. The Bertz CT molecular complexity index is 1030. The molecule has 0 aromatic heterocycles. The van der Waals surface area contributed by atoms with Gasteiger partial charge < -0.3 is 24.1 Å². The summed E-state index contributed by atoms with van der Waals surface area (Å²) in [6, 6.07) is 4.72. The fraction of sp³-hybridized carbons (Fsp3) is 0.710. The van der Waals surface area contributed by atoms with E-state index in [1.54, 1.807) is 6.92 Å². The maximum Gasteiger partial charge on any atom is 0.339 e. The van der Waals surface area contributed by atoms with Gasteiger partial charge in [-0.05, 0) is 76.0 Å². The number of rotatable bonds is 14. The van der Waals surface area contributed by atoms with Crippen LogP contribution >= 0.6 is 0 Å². The topological polar surface area (TPSA) is 77.5 Å². The molecule has 0 radical (unpaired) electrons. The number of ether oxygens (including phenoxy) is 4. The van der Waals surface area contributed by atoms with Crippen LogP contribution in [-0.4, -0.2) is 67.6 Å². The minimum atomic E-state index is -0.532.